The second-order valence-corrected chi connectivity index (χ2v) is 5.90. The van der Waals surface area contributed by atoms with Crippen LogP contribution < -0.4 is 10.1 Å². The van der Waals surface area contributed by atoms with E-state index in [0.29, 0.717) is 10.6 Å². The van der Waals surface area contributed by atoms with Crippen LogP contribution in [0.2, 0.25) is 0 Å². The Bertz CT molecular complexity index is 565. The van der Waals surface area contributed by atoms with E-state index in [1.165, 1.54) is 11.3 Å². The number of nitrogens with one attached hydrogen (secondary N) is 1. The largest absolute Gasteiger partial charge is 0.495 e. The third-order valence-corrected chi connectivity index (χ3v) is 4.20. The van der Waals surface area contributed by atoms with Gasteiger partial charge >= 0.3 is 0 Å². The number of carbonyl (C=O) groups excluding carboxylic acids is 1. The van der Waals surface area contributed by atoms with Crippen LogP contribution in [-0.4, -0.2) is 13.0 Å². The third kappa shape index (κ3) is 3.36. The molecule has 0 aliphatic rings. The summed E-state index contributed by atoms with van der Waals surface area (Å²) in [4.78, 5) is 12.7. The van der Waals surface area contributed by atoms with Crippen LogP contribution in [0.25, 0.3) is 0 Å². The van der Waals surface area contributed by atoms with Crippen molar-refractivity contribution in [1.29, 1.82) is 0 Å². The predicted molar refractivity (Wildman–Crippen MR) is 80.9 cm³/mol. The first-order valence-electron chi connectivity index (χ1n) is 5.79. The molecule has 0 saturated heterocycles. The Morgan fingerprint density at radius 2 is 2.00 bits per heavy atom. The Balaban J connectivity index is 2.08. The Hall–Kier alpha value is -1.33. The van der Waals surface area contributed by atoms with E-state index in [4.69, 9.17) is 4.74 Å². The minimum atomic E-state index is -0.109. The van der Waals surface area contributed by atoms with Crippen LogP contribution in [-0.2, 0) is 0 Å². The number of hydrogen-bond acceptors (Lipinski definition) is 3. The highest BCUT2D eigenvalue weighted by Crippen LogP contribution is 2.25. The number of hydrogen-bond donors (Lipinski definition) is 1. The lowest BCUT2D eigenvalue weighted by Crippen LogP contribution is -2.26. The lowest BCUT2D eigenvalue weighted by Gasteiger charge is -2.14. The van der Waals surface area contributed by atoms with Crippen molar-refractivity contribution in [2.24, 2.45) is 0 Å². The van der Waals surface area contributed by atoms with Gasteiger partial charge in [-0.05, 0) is 36.1 Å². The fourth-order valence-corrected chi connectivity index (χ4v) is 2.75. The zero-order valence-electron chi connectivity index (χ0n) is 10.6. The zero-order chi connectivity index (χ0) is 13.8. The summed E-state index contributed by atoms with van der Waals surface area (Å²) in [5.74, 6) is 0.507. The topological polar surface area (TPSA) is 38.3 Å². The summed E-state index contributed by atoms with van der Waals surface area (Å²) in [7, 11) is 1.57. The number of halogens is 1. The first-order chi connectivity index (χ1) is 9.11. The summed E-state index contributed by atoms with van der Waals surface area (Å²) in [5.41, 5.74) is 1.06. The number of benzene rings is 1. The van der Waals surface area contributed by atoms with Crippen LogP contribution in [0.1, 0.15) is 28.2 Å². The number of carbonyl (C=O) groups is 1. The van der Waals surface area contributed by atoms with Crippen molar-refractivity contribution in [1.82, 2.24) is 5.32 Å². The van der Waals surface area contributed by atoms with Gasteiger partial charge < -0.3 is 10.1 Å². The van der Waals surface area contributed by atoms with Gasteiger partial charge in [-0.15, -0.1) is 11.3 Å². The molecule has 1 amide bonds. The second-order valence-electron chi connectivity index (χ2n) is 4.06. The van der Waals surface area contributed by atoms with E-state index in [0.717, 1.165) is 10.0 Å². The Labute approximate surface area is 124 Å². The average molecular weight is 340 g/mol. The Kier molecular flexibility index (Phi) is 4.61. The molecule has 0 radical (unpaired) electrons. The molecule has 1 unspecified atom stereocenters. The number of rotatable bonds is 4. The molecule has 0 spiro atoms. The van der Waals surface area contributed by atoms with E-state index < -0.39 is 0 Å². The van der Waals surface area contributed by atoms with Crippen molar-refractivity contribution in [2.45, 2.75) is 13.0 Å². The normalized spacial score (nSPS) is 11.9. The summed E-state index contributed by atoms with van der Waals surface area (Å²) in [6.07, 6.45) is 0. The quantitative estimate of drug-likeness (QED) is 0.913. The average Bonchev–Trinajstić information content (AvgIpc) is 2.87. The fourth-order valence-electron chi connectivity index (χ4n) is 1.72. The summed E-state index contributed by atoms with van der Waals surface area (Å²) in [6, 6.07) is 9.64. The summed E-state index contributed by atoms with van der Waals surface area (Å²) >= 11 is 4.77. The van der Waals surface area contributed by atoms with Crippen molar-refractivity contribution >= 4 is 33.2 Å². The molecule has 0 saturated carbocycles. The number of methoxy groups -OCH3 is 1. The van der Waals surface area contributed by atoms with Crippen LogP contribution in [0, 0.1) is 0 Å². The van der Waals surface area contributed by atoms with Gasteiger partial charge in [0, 0.05) is 4.47 Å². The maximum absolute atomic E-state index is 12.1. The summed E-state index contributed by atoms with van der Waals surface area (Å²) in [5, 5.41) is 4.81. The van der Waals surface area contributed by atoms with Crippen molar-refractivity contribution in [3.8, 4) is 5.75 Å². The van der Waals surface area contributed by atoms with Crippen molar-refractivity contribution in [3.05, 3.63) is 50.6 Å². The van der Waals surface area contributed by atoms with Gasteiger partial charge in [-0.2, -0.15) is 0 Å². The molecule has 3 nitrogen and oxygen atoms in total. The molecule has 2 rings (SSSR count). The summed E-state index contributed by atoms with van der Waals surface area (Å²) < 4.78 is 6.18. The van der Waals surface area contributed by atoms with Gasteiger partial charge in [-0.3, -0.25) is 4.79 Å². The van der Waals surface area contributed by atoms with E-state index in [9.17, 15) is 4.79 Å². The lowest BCUT2D eigenvalue weighted by molar-refractivity contribution is 0.0941. The van der Waals surface area contributed by atoms with Gasteiger partial charge in [0.25, 0.3) is 5.91 Å². The van der Waals surface area contributed by atoms with Gasteiger partial charge in [0.2, 0.25) is 0 Å². The zero-order valence-corrected chi connectivity index (χ0v) is 13.0. The highest BCUT2D eigenvalue weighted by atomic mass is 79.9. The molecule has 1 aromatic heterocycles. The first-order valence-corrected chi connectivity index (χ1v) is 7.47. The minimum absolute atomic E-state index is 0.0487. The molecule has 1 atom stereocenters. The number of thiophene rings is 1. The van der Waals surface area contributed by atoms with Crippen LogP contribution in [0.15, 0.2) is 40.2 Å². The van der Waals surface area contributed by atoms with E-state index in [1.807, 2.05) is 36.6 Å². The van der Waals surface area contributed by atoms with Crippen LogP contribution in [0.4, 0.5) is 0 Å². The third-order valence-electron chi connectivity index (χ3n) is 2.77. The molecular formula is C14H14BrNO2S. The molecule has 1 heterocycles. The molecule has 19 heavy (non-hydrogen) atoms. The maximum Gasteiger partial charge on any atom is 0.265 e. The number of amides is 1. The van der Waals surface area contributed by atoms with E-state index in [1.54, 1.807) is 13.2 Å². The molecule has 100 valence electrons. The molecule has 0 fully saturated rings. The first kappa shape index (κ1) is 14.1. The SMILES string of the molecule is COc1ccsc1C(=O)NC(C)c1ccc(Br)cc1. The fraction of sp³-hybridized carbons (Fsp3) is 0.214. The van der Waals surface area contributed by atoms with E-state index >= 15 is 0 Å². The minimum Gasteiger partial charge on any atom is -0.495 e. The van der Waals surface area contributed by atoms with Gasteiger partial charge in [0.15, 0.2) is 0 Å². The molecule has 0 bridgehead atoms. The van der Waals surface area contributed by atoms with Gasteiger partial charge in [-0.25, -0.2) is 0 Å². The van der Waals surface area contributed by atoms with Crippen molar-refractivity contribution in [2.75, 3.05) is 7.11 Å². The molecule has 1 aromatic carbocycles. The maximum atomic E-state index is 12.1. The van der Waals surface area contributed by atoms with Gasteiger partial charge in [-0.1, -0.05) is 28.1 Å². The van der Waals surface area contributed by atoms with Crippen molar-refractivity contribution < 1.29 is 9.53 Å². The molecule has 2 aromatic rings. The van der Waals surface area contributed by atoms with Gasteiger partial charge in [0.1, 0.15) is 10.6 Å². The second kappa shape index (κ2) is 6.21. The number of ether oxygens (including phenoxy) is 1. The highest BCUT2D eigenvalue weighted by molar-refractivity contribution is 9.10. The molecule has 5 heteroatoms. The highest BCUT2D eigenvalue weighted by Gasteiger charge is 2.16. The lowest BCUT2D eigenvalue weighted by atomic mass is 10.1. The van der Waals surface area contributed by atoms with Crippen LogP contribution in [0.3, 0.4) is 0 Å². The van der Waals surface area contributed by atoms with E-state index in [-0.39, 0.29) is 11.9 Å². The summed E-state index contributed by atoms with van der Waals surface area (Å²) in [6.45, 7) is 1.96. The van der Waals surface area contributed by atoms with Crippen molar-refractivity contribution in [3.63, 3.8) is 0 Å². The monoisotopic (exact) mass is 339 g/mol. The van der Waals surface area contributed by atoms with Crippen LogP contribution >= 0.6 is 27.3 Å². The molecule has 0 aliphatic carbocycles. The standard InChI is InChI=1S/C14H14BrNO2S/c1-9(10-3-5-11(15)6-4-10)16-14(17)13-12(18-2)7-8-19-13/h3-9H,1-2H3,(H,16,17). The smallest absolute Gasteiger partial charge is 0.265 e. The Morgan fingerprint density at radius 1 is 1.32 bits per heavy atom. The molecular weight excluding hydrogens is 326 g/mol. The Morgan fingerprint density at radius 3 is 2.63 bits per heavy atom. The molecule has 0 aliphatic heterocycles. The molecule has 1 N–H and O–H groups in total. The van der Waals surface area contributed by atoms with Crippen LogP contribution in [0.5, 0.6) is 5.75 Å². The predicted octanol–water partition coefficient (Wildman–Crippen LogP) is 4.01. The van der Waals surface area contributed by atoms with E-state index in [2.05, 4.69) is 21.2 Å². The van der Waals surface area contributed by atoms with Gasteiger partial charge in [0.05, 0.1) is 13.2 Å².